The number of hydrogen-bond donors (Lipinski definition) is 3. The Bertz CT molecular complexity index is 1240. The monoisotopic (exact) mass is 527 g/mol. The summed E-state index contributed by atoms with van der Waals surface area (Å²) in [7, 11) is 4.35. The number of benzene rings is 3. The standard InChI is InChI=1S/C24H22BrN3O6/c1-32-19-10-13(11-20(33-2)21(19)34-3)23(30)27-28-22(16-12-14(25)8-9-18(16)29)26-17-7-5-4-6-15(17)24(28)31/h4-12,22,26,29H,1-3H3,(H,27,30)/t22-/m1/s1. The molecule has 4 rings (SSSR count). The summed E-state index contributed by atoms with van der Waals surface area (Å²) in [5.74, 6) is -0.154. The molecule has 0 aromatic heterocycles. The molecule has 10 heteroatoms. The highest BCUT2D eigenvalue weighted by Crippen LogP contribution is 2.39. The Morgan fingerprint density at radius 3 is 2.35 bits per heavy atom. The van der Waals surface area contributed by atoms with Crippen LogP contribution in [0, 0.1) is 0 Å². The number of nitrogens with zero attached hydrogens (tertiary/aromatic N) is 1. The molecule has 2 amide bonds. The van der Waals surface area contributed by atoms with Gasteiger partial charge in [-0.1, -0.05) is 28.1 Å². The van der Waals surface area contributed by atoms with Gasteiger partial charge in [0.15, 0.2) is 17.7 Å². The highest BCUT2D eigenvalue weighted by Gasteiger charge is 2.36. The third-order valence-electron chi connectivity index (χ3n) is 5.36. The van der Waals surface area contributed by atoms with Crippen molar-refractivity contribution >= 4 is 33.4 Å². The lowest BCUT2D eigenvalue weighted by Crippen LogP contribution is -2.52. The molecule has 0 saturated carbocycles. The first-order valence-corrected chi connectivity index (χ1v) is 11.0. The van der Waals surface area contributed by atoms with E-state index in [1.54, 1.807) is 36.4 Å². The topological polar surface area (TPSA) is 109 Å². The van der Waals surface area contributed by atoms with Crippen molar-refractivity contribution in [3.05, 3.63) is 75.8 Å². The summed E-state index contributed by atoms with van der Waals surface area (Å²) in [6.07, 6.45) is -0.883. The van der Waals surface area contributed by atoms with Gasteiger partial charge >= 0.3 is 0 Å². The summed E-state index contributed by atoms with van der Waals surface area (Å²) in [4.78, 5) is 26.7. The lowest BCUT2D eigenvalue weighted by Gasteiger charge is -2.38. The van der Waals surface area contributed by atoms with Crippen LogP contribution in [0.15, 0.2) is 59.1 Å². The number of rotatable bonds is 6. The van der Waals surface area contributed by atoms with Crippen LogP contribution in [0.1, 0.15) is 32.4 Å². The van der Waals surface area contributed by atoms with E-state index in [-0.39, 0.29) is 11.3 Å². The minimum Gasteiger partial charge on any atom is -0.508 e. The molecule has 1 atom stereocenters. The fourth-order valence-electron chi connectivity index (χ4n) is 3.72. The number of methoxy groups -OCH3 is 3. The summed E-state index contributed by atoms with van der Waals surface area (Å²) in [6.45, 7) is 0. The molecule has 0 fully saturated rings. The normalized spacial score (nSPS) is 14.6. The fraction of sp³-hybridized carbons (Fsp3) is 0.167. The van der Waals surface area contributed by atoms with Gasteiger partial charge in [-0.3, -0.25) is 15.0 Å². The van der Waals surface area contributed by atoms with Crippen molar-refractivity contribution < 1.29 is 28.9 Å². The average molecular weight is 528 g/mol. The van der Waals surface area contributed by atoms with Crippen LogP contribution in [-0.4, -0.2) is 43.3 Å². The van der Waals surface area contributed by atoms with E-state index < -0.39 is 18.0 Å². The van der Waals surface area contributed by atoms with E-state index >= 15 is 0 Å². The van der Waals surface area contributed by atoms with Crippen LogP contribution in [-0.2, 0) is 0 Å². The maximum Gasteiger partial charge on any atom is 0.276 e. The Morgan fingerprint density at radius 1 is 1.03 bits per heavy atom. The first-order chi connectivity index (χ1) is 16.4. The Kier molecular flexibility index (Phi) is 6.51. The zero-order chi connectivity index (χ0) is 24.4. The number of fused-ring (bicyclic) bond motifs is 1. The molecule has 3 aromatic rings. The lowest BCUT2D eigenvalue weighted by atomic mass is 10.0. The number of halogens is 1. The summed E-state index contributed by atoms with van der Waals surface area (Å²) < 4.78 is 16.7. The number of nitrogens with one attached hydrogen (secondary N) is 2. The van der Waals surface area contributed by atoms with Gasteiger partial charge in [-0.25, -0.2) is 5.01 Å². The largest absolute Gasteiger partial charge is 0.508 e. The Balaban J connectivity index is 1.75. The molecule has 176 valence electrons. The number of hydrazine groups is 1. The number of amides is 2. The van der Waals surface area contributed by atoms with Crippen molar-refractivity contribution in [2.24, 2.45) is 0 Å². The lowest BCUT2D eigenvalue weighted by molar-refractivity contribution is 0.0488. The highest BCUT2D eigenvalue weighted by atomic mass is 79.9. The number of anilines is 1. The second-order valence-electron chi connectivity index (χ2n) is 7.33. The van der Waals surface area contributed by atoms with Crippen LogP contribution in [0.3, 0.4) is 0 Å². The van der Waals surface area contributed by atoms with E-state index in [0.29, 0.717) is 38.5 Å². The number of carbonyl (C=O) groups excluding carboxylic acids is 2. The van der Waals surface area contributed by atoms with E-state index in [4.69, 9.17) is 14.2 Å². The van der Waals surface area contributed by atoms with Crippen LogP contribution < -0.4 is 25.0 Å². The molecule has 0 aliphatic carbocycles. The van der Waals surface area contributed by atoms with E-state index in [9.17, 15) is 14.7 Å². The maximum absolute atomic E-state index is 13.4. The number of ether oxygens (including phenoxy) is 3. The quantitative estimate of drug-likeness (QED) is 0.442. The summed E-state index contributed by atoms with van der Waals surface area (Å²) in [5.41, 5.74) is 4.19. The van der Waals surface area contributed by atoms with Crippen LogP contribution in [0.25, 0.3) is 0 Å². The number of hydrogen-bond acceptors (Lipinski definition) is 7. The van der Waals surface area contributed by atoms with Crippen molar-refractivity contribution in [3.8, 4) is 23.0 Å². The number of carbonyl (C=O) groups is 2. The van der Waals surface area contributed by atoms with Gasteiger partial charge in [-0.2, -0.15) is 0 Å². The number of para-hydroxylation sites is 1. The molecule has 3 N–H and O–H groups in total. The van der Waals surface area contributed by atoms with E-state index in [1.165, 1.54) is 39.5 Å². The molecule has 34 heavy (non-hydrogen) atoms. The first kappa shape index (κ1) is 23.2. The Morgan fingerprint density at radius 2 is 1.71 bits per heavy atom. The Labute approximate surface area is 204 Å². The molecule has 0 unspecified atom stereocenters. The SMILES string of the molecule is COc1cc(C(=O)NN2C(=O)c3ccccc3N[C@H]2c2cc(Br)ccc2O)cc(OC)c1OC. The highest BCUT2D eigenvalue weighted by molar-refractivity contribution is 9.10. The molecule has 1 aliphatic heterocycles. The number of phenols is 1. The third-order valence-corrected chi connectivity index (χ3v) is 5.85. The van der Waals surface area contributed by atoms with Gasteiger partial charge in [-0.05, 0) is 42.5 Å². The Hall–Kier alpha value is -3.92. The summed E-state index contributed by atoms with van der Waals surface area (Å²) in [5, 5.41) is 14.9. The van der Waals surface area contributed by atoms with Crippen molar-refractivity contribution in [3.63, 3.8) is 0 Å². The minimum atomic E-state index is -0.883. The molecule has 0 radical (unpaired) electrons. The van der Waals surface area contributed by atoms with E-state index in [1.807, 2.05) is 0 Å². The predicted molar refractivity (Wildman–Crippen MR) is 128 cm³/mol. The van der Waals surface area contributed by atoms with E-state index in [2.05, 4.69) is 26.7 Å². The molecule has 3 aromatic carbocycles. The molecule has 1 heterocycles. The zero-order valence-electron chi connectivity index (χ0n) is 18.6. The first-order valence-electron chi connectivity index (χ1n) is 10.2. The van der Waals surface area contributed by atoms with Crippen molar-refractivity contribution in [1.82, 2.24) is 10.4 Å². The van der Waals surface area contributed by atoms with Crippen molar-refractivity contribution in [2.45, 2.75) is 6.17 Å². The van der Waals surface area contributed by atoms with Gasteiger partial charge in [0.1, 0.15) is 5.75 Å². The van der Waals surface area contributed by atoms with Crippen LogP contribution in [0.4, 0.5) is 5.69 Å². The molecule has 9 nitrogen and oxygen atoms in total. The second-order valence-corrected chi connectivity index (χ2v) is 8.24. The summed E-state index contributed by atoms with van der Waals surface area (Å²) >= 11 is 3.39. The number of aromatic hydroxyl groups is 1. The molecule has 1 aliphatic rings. The minimum absolute atomic E-state index is 0.0417. The molecule has 0 spiro atoms. The molecular weight excluding hydrogens is 506 g/mol. The summed E-state index contributed by atoms with van der Waals surface area (Å²) in [6, 6.07) is 14.8. The van der Waals surface area contributed by atoms with Crippen LogP contribution >= 0.6 is 15.9 Å². The van der Waals surface area contributed by atoms with Gasteiger partial charge in [0.25, 0.3) is 11.8 Å². The predicted octanol–water partition coefficient (Wildman–Crippen LogP) is 4.09. The van der Waals surface area contributed by atoms with Crippen molar-refractivity contribution in [2.75, 3.05) is 26.6 Å². The molecule has 0 bridgehead atoms. The maximum atomic E-state index is 13.4. The van der Waals surface area contributed by atoms with Gasteiger partial charge in [0, 0.05) is 21.3 Å². The van der Waals surface area contributed by atoms with Gasteiger partial charge in [0.2, 0.25) is 5.75 Å². The van der Waals surface area contributed by atoms with Crippen molar-refractivity contribution in [1.29, 1.82) is 0 Å². The second kappa shape index (κ2) is 9.52. The van der Waals surface area contributed by atoms with Gasteiger partial charge < -0.3 is 24.6 Å². The fourth-order valence-corrected chi connectivity index (χ4v) is 4.10. The van der Waals surface area contributed by atoms with Crippen LogP contribution in [0.2, 0.25) is 0 Å². The van der Waals surface area contributed by atoms with E-state index in [0.717, 1.165) is 5.01 Å². The molecular formula is C24H22BrN3O6. The average Bonchev–Trinajstić information content (AvgIpc) is 2.86. The van der Waals surface area contributed by atoms with Crippen LogP contribution in [0.5, 0.6) is 23.0 Å². The number of phenolic OH excluding ortho intramolecular Hbond substituents is 1. The third kappa shape index (κ3) is 4.19. The molecule has 0 saturated heterocycles. The smallest absolute Gasteiger partial charge is 0.276 e. The van der Waals surface area contributed by atoms with Gasteiger partial charge in [0.05, 0.1) is 26.9 Å². The van der Waals surface area contributed by atoms with Gasteiger partial charge in [-0.15, -0.1) is 0 Å². The zero-order valence-corrected chi connectivity index (χ0v) is 20.2.